The van der Waals surface area contributed by atoms with E-state index < -0.39 is 5.54 Å². The van der Waals surface area contributed by atoms with Crippen molar-refractivity contribution in [3.63, 3.8) is 0 Å². The van der Waals surface area contributed by atoms with Gasteiger partial charge in [0.25, 0.3) is 0 Å². The molecule has 1 fully saturated rings. The van der Waals surface area contributed by atoms with E-state index >= 15 is 0 Å². The summed E-state index contributed by atoms with van der Waals surface area (Å²) in [6.45, 7) is 8.71. The first-order valence-corrected chi connectivity index (χ1v) is 8.25. The molecular weight excluding hydrogens is 246 g/mol. The third-order valence-electron chi connectivity index (χ3n) is 3.14. The minimum atomic E-state index is -0.454. The van der Waals surface area contributed by atoms with Crippen LogP contribution in [-0.2, 0) is 9.53 Å². The smallest absolute Gasteiger partial charge is 0.327 e. The highest BCUT2D eigenvalue weighted by atomic mass is 32.2. The molecule has 4 heteroatoms. The molecule has 3 nitrogen and oxygen atoms in total. The van der Waals surface area contributed by atoms with Crippen molar-refractivity contribution in [3.05, 3.63) is 0 Å². The Morgan fingerprint density at radius 3 is 2.56 bits per heavy atom. The molecule has 1 N–H and O–H groups in total. The molecule has 1 atom stereocenters. The van der Waals surface area contributed by atoms with E-state index in [1.165, 1.54) is 0 Å². The zero-order valence-corrected chi connectivity index (χ0v) is 12.9. The Morgan fingerprint density at radius 2 is 2.11 bits per heavy atom. The van der Waals surface area contributed by atoms with Gasteiger partial charge in [-0.05, 0) is 51.7 Å². The molecule has 0 aromatic rings. The van der Waals surface area contributed by atoms with Gasteiger partial charge in [0.2, 0.25) is 0 Å². The highest BCUT2D eigenvalue weighted by Crippen LogP contribution is 2.42. The van der Waals surface area contributed by atoms with E-state index in [1.54, 1.807) is 0 Å². The van der Waals surface area contributed by atoms with Gasteiger partial charge in [-0.1, -0.05) is 6.92 Å². The van der Waals surface area contributed by atoms with E-state index in [9.17, 15) is 4.79 Å². The molecule has 1 rings (SSSR count). The van der Waals surface area contributed by atoms with Crippen LogP contribution in [-0.4, -0.2) is 35.7 Å². The first-order valence-electron chi connectivity index (χ1n) is 7.09. The average molecular weight is 273 g/mol. The maximum Gasteiger partial charge on any atom is 0.327 e. The van der Waals surface area contributed by atoms with Crippen LogP contribution in [0.3, 0.4) is 0 Å². The Hall–Kier alpha value is -0.220. The van der Waals surface area contributed by atoms with Gasteiger partial charge in [-0.2, -0.15) is 11.8 Å². The molecule has 1 aliphatic carbocycles. The second kappa shape index (κ2) is 7.39. The van der Waals surface area contributed by atoms with Crippen molar-refractivity contribution in [2.45, 2.75) is 58.5 Å². The lowest BCUT2D eigenvalue weighted by atomic mass is 9.94. The normalized spacial score (nSPS) is 18.7. The molecule has 0 aromatic heterocycles. The minimum Gasteiger partial charge on any atom is -0.465 e. The van der Waals surface area contributed by atoms with Crippen LogP contribution in [0, 0.1) is 5.92 Å². The van der Waals surface area contributed by atoms with Crippen molar-refractivity contribution in [2.75, 3.05) is 18.1 Å². The van der Waals surface area contributed by atoms with Crippen molar-refractivity contribution in [3.8, 4) is 0 Å². The number of carbonyl (C=O) groups is 1. The standard InChI is InChI=1S/C14H27NO2S/c1-5-9-18-10-14(12-7-8-12,15-11(3)4)13(16)17-6-2/h11-12,15H,5-10H2,1-4H3. The predicted molar refractivity (Wildman–Crippen MR) is 78.0 cm³/mol. The Kier molecular flexibility index (Phi) is 6.50. The van der Waals surface area contributed by atoms with Gasteiger partial charge in [-0.3, -0.25) is 10.1 Å². The summed E-state index contributed by atoms with van der Waals surface area (Å²) in [4.78, 5) is 12.4. The van der Waals surface area contributed by atoms with E-state index in [1.807, 2.05) is 18.7 Å². The van der Waals surface area contributed by atoms with Crippen LogP contribution in [0.25, 0.3) is 0 Å². The van der Waals surface area contributed by atoms with Gasteiger partial charge in [0, 0.05) is 11.8 Å². The first kappa shape index (κ1) is 15.8. The third kappa shape index (κ3) is 4.16. The molecule has 0 saturated heterocycles. The molecule has 1 saturated carbocycles. The highest BCUT2D eigenvalue weighted by Gasteiger charge is 2.52. The maximum absolute atomic E-state index is 12.4. The van der Waals surface area contributed by atoms with Gasteiger partial charge in [0.1, 0.15) is 5.54 Å². The molecule has 18 heavy (non-hydrogen) atoms. The summed E-state index contributed by atoms with van der Waals surface area (Å²) >= 11 is 1.86. The molecule has 1 unspecified atom stereocenters. The van der Waals surface area contributed by atoms with Gasteiger partial charge >= 0.3 is 5.97 Å². The van der Waals surface area contributed by atoms with E-state index in [4.69, 9.17) is 4.74 Å². The summed E-state index contributed by atoms with van der Waals surface area (Å²) in [7, 11) is 0. The Balaban J connectivity index is 2.76. The third-order valence-corrected chi connectivity index (χ3v) is 4.49. The number of esters is 1. The van der Waals surface area contributed by atoms with Gasteiger partial charge in [0.15, 0.2) is 0 Å². The Bertz CT molecular complexity index is 267. The lowest BCUT2D eigenvalue weighted by Gasteiger charge is -2.34. The van der Waals surface area contributed by atoms with Gasteiger partial charge < -0.3 is 4.74 Å². The summed E-state index contributed by atoms with van der Waals surface area (Å²) in [5.74, 6) is 2.35. The fourth-order valence-electron chi connectivity index (χ4n) is 2.29. The molecule has 0 spiro atoms. The SMILES string of the molecule is CCCSCC(NC(C)C)(C(=O)OCC)C1CC1. The molecule has 106 valence electrons. The van der Waals surface area contributed by atoms with Gasteiger partial charge in [0.05, 0.1) is 6.61 Å². The minimum absolute atomic E-state index is 0.0511. The Labute approximate surface area is 115 Å². The molecule has 0 heterocycles. The molecule has 0 aliphatic heterocycles. The van der Waals surface area contributed by atoms with Crippen LogP contribution in [0.5, 0.6) is 0 Å². The van der Waals surface area contributed by atoms with Crippen molar-refractivity contribution in [1.29, 1.82) is 0 Å². The van der Waals surface area contributed by atoms with E-state index in [0.717, 1.165) is 30.8 Å². The zero-order valence-electron chi connectivity index (χ0n) is 12.1. The Morgan fingerprint density at radius 1 is 1.44 bits per heavy atom. The monoisotopic (exact) mass is 273 g/mol. The molecular formula is C14H27NO2S. The van der Waals surface area contributed by atoms with E-state index in [2.05, 4.69) is 26.1 Å². The summed E-state index contributed by atoms with van der Waals surface area (Å²) < 4.78 is 5.33. The number of ether oxygens (including phenoxy) is 1. The quantitative estimate of drug-likeness (QED) is 0.518. The average Bonchev–Trinajstić information content (AvgIpc) is 3.11. The van der Waals surface area contributed by atoms with Crippen LogP contribution < -0.4 is 5.32 Å². The van der Waals surface area contributed by atoms with Crippen LogP contribution in [0.2, 0.25) is 0 Å². The summed E-state index contributed by atoms with van der Waals surface area (Å²) in [6.07, 6.45) is 3.44. The van der Waals surface area contributed by atoms with Crippen LogP contribution in [0.15, 0.2) is 0 Å². The topological polar surface area (TPSA) is 38.3 Å². The highest BCUT2D eigenvalue weighted by molar-refractivity contribution is 7.99. The van der Waals surface area contributed by atoms with Gasteiger partial charge in [-0.25, -0.2) is 0 Å². The van der Waals surface area contributed by atoms with E-state index in [-0.39, 0.29) is 5.97 Å². The summed E-state index contributed by atoms with van der Waals surface area (Å²) in [5, 5.41) is 3.50. The lowest BCUT2D eigenvalue weighted by molar-refractivity contribution is -0.151. The number of carbonyl (C=O) groups excluding carboxylic acids is 1. The first-order chi connectivity index (χ1) is 8.56. The number of rotatable bonds is 9. The zero-order chi connectivity index (χ0) is 13.6. The summed E-state index contributed by atoms with van der Waals surface area (Å²) in [6, 6.07) is 0.303. The molecule has 0 bridgehead atoms. The van der Waals surface area contributed by atoms with Crippen molar-refractivity contribution < 1.29 is 9.53 Å². The molecule has 1 aliphatic rings. The fourth-order valence-corrected chi connectivity index (χ4v) is 3.48. The largest absolute Gasteiger partial charge is 0.465 e. The van der Waals surface area contributed by atoms with Crippen molar-refractivity contribution in [1.82, 2.24) is 5.32 Å². The molecule has 0 aromatic carbocycles. The number of nitrogens with one attached hydrogen (secondary N) is 1. The maximum atomic E-state index is 12.4. The number of hydrogen-bond donors (Lipinski definition) is 1. The number of thioether (sulfide) groups is 1. The van der Waals surface area contributed by atoms with Crippen LogP contribution in [0.4, 0.5) is 0 Å². The number of hydrogen-bond acceptors (Lipinski definition) is 4. The van der Waals surface area contributed by atoms with Crippen LogP contribution in [0.1, 0.15) is 47.0 Å². The fraction of sp³-hybridized carbons (Fsp3) is 0.929. The van der Waals surface area contributed by atoms with Crippen molar-refractivity contribution >= 4 is 17.7 Å². The lowest BCUT2D eigenvalue weighted by Crippen LogP contribution is -2.59. The summed E-state index contributed by atoms with van der Waals surface area (Å²) in [5.41, 5.74) is -0.454. The van der Waals surface area contributed by atoms with Crippen molar-refractivity contribution in [2.24, 2.45) is 5.92 Å². The van der Waals surface area contributed by atoms with E-state index in [0.29, 0.717) is 18.6 Å². The van der Waals surface area contributed by atoms with Gasteiger partial charge in [-0.15, -0.1) is 0 Å². The second-order valence-electron chi connectivity index (χ2n) is 5.32. The molecule has 0 radical (unpaired) electrons. The molecule has 0 amide bonds. The predicted octanol–water partition coefficient (Wildman–Crippen LogP) is 2.84. The van der Waals surface area contributed by atoms with Crippen LogP contribution >= 0.6 is 11.8 Å². The second-order valence-corrected chi connectivity index (χ2v) is 6.42.